The number of anilines is 1. The molecule has 1 amide bonds. The fourth-order valence-electron chi connectivity index (χ4n) is 3.30. The summed E-state index contributed by atoms with van der Waals surface area (Å²) < 4.78 is 15.1. The van der Waals surface area contributed by atoms with Crippen molar-refractivity contribution < 1.29 is 43.3 Å². The molecule has 0 aliphatic carbocycles. The van der Waals surface area contributed by atoms with Crippen LogP contribution in [0.3, 0.4) is 0 Å². The van der Waals surface area contributed by atoms with E-state index in [1.165, 1.54) is 55.6 Å². The minimum absolute atomic E-state index is 0.0386. The average molecular weight is 520 g/mol. The molecular weight excluding hydrogens is 494 g/mol. The van der Waals surface area contributed by atoms with Crippen LogP contribution in [0, 0.1) is 13.8 Å². The molecule has 10 nitrogen and oxygen atoms in total. The van der Waals surface area contributed by atoms with Gasteiger partial charge in [0.05, 0.1) is 23.8 Å². The van der Waals surface area contributed by atoms with Crippen molar-refractivity contribution in [3.63, 3.8) is 0 Å². The van der Waals surface area contributed by atoms with E-state index < -0.39 is 42.0 Å². The van der Waals surface area contributed by atoms with Crippen LogP contribution in [0.1, 0.15) is 42.2 Å². The van der Waals surface area contributed by atoms with Crippen LogP contribution in [0.15, 0.2) is 72.8 Å². The summed E-state index contributed by atoms with van der Waals surface area (Å²) in [6, 6.07) is 17.9. The molecule has 10 heteroatoms. The molecule has 0 saturated heterocycles. The Morgan fingerprint density at radius 2 is 1.18 bits per heavy atom. The largest absolute Gasteiger partial charge is 0.478 e. The van der Waals surface area contributed by atoms with Crippen LogP contribution < -0.4 is 5.32 Å². The first kappa shape index (κ1) is 27.6. The van der Waals surface area contributed by atoms with Crippen LogP contribution in [-0.2, 0) is 23.8 Å². The highest BCUT2D eigenvalue weighted by Gasteiger charge is 2.41. The second-order valence-electron chi connectivity index (χ2n) is 8.28. The van der Waals surface area contributed by atoms with E-state index in [2.05, 4.69) is 10.1 Å². The molecule has 3 aromatic carbocycles. The van der Waals surface area contributed by atoms with Gasteiger partial charge < -0.3 is 24.6 Å². The van der Waals surface area contributed by atoms with Crippen molar-refractivity contribution in [2.24, 2.45) is 0 Å². The normalized spacial score (nSPS) is 12.0. The maximum Gasteiger partial charge on any atom is 0.349 e. The van der Waals surface area contributed by atoms with Gasteiger partial charge in [-0.05, 0) is 56.3 Å². The second-order valence-corrected chi connectivity index (χ2v) is 8.28. The van der Waals surface area contributed by atoms with Crippen LogP contribution >= 0.6 is 0 Å². The van der Waals surface area contributed by atoms with Gasteiger partial charge in [-0.15, -0.1) is 0 Å². The Morgan fingerprint density at radius 3 is 1.66 bits per heavy atom. The fourth-order valence-corrected chi connectivity index (χ4v) is 3.30. The van der Waals surface area contributed by atoms with Gasteiger partial charge in [-0.2, -0.15) is 0 Å². The summed E-state index contributed by atoms with van der Waals surface area (Å²) in [5.74, 6) is -5.53. The summed E-state index contributed by atoms with van der Waals surface area (Å²) in [4.78, 5) is 62.8. The predicted molar refractivity (Wildman–Crippen MR) is 135 cm³/mol. The Bertz CT molecular complexity index is 1350. The lowest BCUT2D eigenvalue weighted by Crippen LogP contribution is -2.48. The number of esters is 3. The van der Waals surface area contributed by atoms with Crippen molar-refractivity contribution in [2.75, 3.05) is 12.4 Å². The summed E-state index contributed by atoms with van der Waals surface area (Å²) in [5.41, 5.74) is 2.00. The van der Waals surface area contributed by atoms with Crippen molar-refractivity contribution in [3.8, 4) is 0 Å². The highest BCUT2D eigenvalue weighted by atomic mass is 16.6. The number of rotatable bonds is 9. The second kappa shape index (κ2) is 12.3. The van der Waals surface area contributed by atoms with Crippen LogP contribution in [0.2, 0.25) is 0 Å². The number of methoxy groups -OCH3 is 1. The molecule has 0 spiro atoms. The molecule has 0 unspecified atom stereocenters. The number of hydrogen-bond acceptors (Lipinski definition) is 8. The number of nitrogens with one attached hydrogen (secondary N) is 1. The van der Waals surface area contributed by atoms with Crippen molar-refractivity contribution in [3.05, 3.63) is 101 Å². The SMILES string of the molecule is COC(=O)c1cccc(NC(=O)[C@H](OC(=O)c2ccc(C)cc2)[C@@H](OC(=O)c2ccc(C)cc2)C(=O)O)c1. The van der Waals surface area contributed by atoms with E-state index in [-0.39, 0.29) is 22.4 Å². The lowest BCUT2D eigenvalue weighted by atomic mass is 10.1. The smallest absolute Gasteiger partial charge is 0.349 e. The molecule has 2 N–H and O–H groups in total. The number of amides is 1. The van der Waals surface area contributed by atoms with E-state index in [1.807, 2.05) is 0 Å². The van der Waals surface area contributed by atoms with Gasteiger partial charge in [-0.3, -0.25) is 4.79 Å². The minimum atomic E-state index is -2.19. The van der Waals surface area contributed by atoms with Gasteiger partial charge in [0.25, 0.3) is 5.91 Å². The third-order valence-corrected chi connectivity index (χ3v) is 5.37. The third kappa shape index (κ3) is 7.03. The molecule has 0 aliphatic heterocycles. The van der Waals surface area contributed by atoms with Crippen LogP contribution in [-0.4, -0.2) is 54.2 Å². The Hall–Kier alpha value is -4.99. The first-order valence-corrected chi connectivity index (χ1v) is 11.4. The van der Waals surface area contributed by atoms with E-state index >= 15 is 0 Å². The predicted octanol–water partition coefficient (Wildman–Crippen LogP) is 3.56. The molecule has 0 heterocycles. The molecule has 0 saturated carbocycles. The molecule has 0 aliphatic rings. The average Bonchev–Trinajstić information content (AvgIpc) is 2.90. The molecule has 0 bridgehead atoms. The molecular formula is C28H25NO9. The zero-order valence-electron chi connectivity index (χ0n) is 20.8. The zero-order valence-corrected chi connectivity index (χ0v) is 20.8. The van der Waals surface area contributed by atoms with E-state index in [4.69, 9.17) is 9.47 Å². The third-order valence-electron chi connectivity index (χ3n) is 5.37. The molecule has 196 valence electrons. The van der Waals surface area contributed by atoms with Gasteiger partial charge in [0.1, 0.15) is 0 Å². The van der Waals surface area contributed by atoms with Gasteiger partial charge in [0.2, 0.25) is 12.2 Å². The van der Waals surface area contributed by atoms with E-state index in [9.17, 15) is 29.1 Å². The summed E-state index contributed by atoms with van der Waals surface area (Å²) in [6.45, 7) is 3.61. The van der Waals surface area contributed by atoms with Crippen molar-refractivity contribution >= 4 is 35.5 Å². The van der Waals surface area contributed by atoms with Gasteiger partial charge >= 0.3 is 23.9 Å². The molecule has 3 aromatic rings. The first-order valence-electron chi connectivity index (χ1n) is 11.4. The Kier molecular flexibility index (Phi) is 8.94. The van der Waals surface area contributed by atoms with Crippen molar-refractivity contribution in [1.29, 1.82) is 0 Å². The number of aryl methyl sites for hydroxylation is 2. The van der Waals surface area contributed by atoms with E-state index in [0.29, 0.717) is 0 Å². The van der Waals surface area contributed by atoms with Crippen molar-refractivity contribution in [2.45, 2.75) is 26.1 Å². The number of benzene rings is 3. The number of ether oxygens (including phenoxy) is 3. The molecule has 0 aromatic heterocycles. The summed E-state index contributed by atoms with van der Waals surface area (Å²) >= 11 is 0. The van der Waals surface area contributed by atoms with Gasteiger partial charge in [0.15, 0.2) is 0 Å². The Labute approximate surface area is 218 Å². The van der Waals surface area contributed by atoms with Gasteiger partial charge in [-0.25, -0.2) is 19.2 Å². The van der Waals surface area contributed by atoms with Crippen molar-refractivity contribution in [1.82, 2.24) is 0 Å². The highest BCUT2D eigenvalue weighted by Crippen LogP contribution is 2.18. The fraction of sp³-hybridized carbons (Fsp3) is 0.179. The lowest BCUT2D eigenvalue weighted by molar-refractivity contribution is -0.157. The quantitative estimate of drug-likeness (QED) is 0.320. The Balaban J connectivity index is 1.92. The molecule has 38 heavy (non-hydrogen) atoms. The number of carboxylic acids is 1. The summed E-state index contributed by atoms with van der Waals surface area (Å²) in [5, 5.41) is 12.3. The number of carbonyl (C=O) groups is 5. The lowest BCUT2D eigenvalue weighted by Gasteiger charge is -2.23. The minimum Gasteiger partial charge on any atom is -0.478 e. The number of aliphatic carboxylic acids is 1. The topological polar surface area (TPSA) is 145 Å². The van der Waals surface area contributed by atoms with Crippen LogP contribution in [0.5, 0.6) is 0 Å². The molecule has 0 radical (unpaired) electrons. The number of hydrogen-bond donors (Lipinski definition) is 2. The monoisotopic (exact) mass is 519 g/mol. The van der Waals surface area contributed by atoms with Gasteiger partial charge in [0, 0.05) is 5.69 Å². The van der Waals surface area contributed by atoms with Crippen LogP contribution in [0.4, 0.5) is 5.69 Å². The Morgan fingerprint density at radius 1 is 0.684 bits per heavy atom. The maximum absolute atomic E-state index is 13.2. The summed E-state index contributed by atoms with van der Waals surface area (Å²) in [7, 11) is 1.19. The zero-order chi connectivity index (χ0) is 27.8. The number of carbonyl (C=O) groups excluding carboxylic acids is 4. The number of carboxylic acid groups (broad SMARTS) is 1. The van der Waals surface area contributed by atoms with Crippen LogP contribution in [0.25, 0.3) is 0 Å². The molecule has 0 fully saturated rings. The maximum atomic E-state index is 13.2. The van der Waals surface area contributed by atoms with E-state index in [1.54, 1.807) is 38.1 Å². The first-order chi connectivity index (χ1) is 18.1. The highest BCUT2D eigenvalue weighted by molar-refractivity contribution is 6.02. The standard InChI is InChI=1S/C28H25NO9/c1-16-7-11-18(12-8-16)27(34)37-22(24(30)29-21-6-4-5-20(15-21)26(33)36-3)23(25(31)32)38-28(35)19-13-9-17(2)10-14-19/h4-15,22-23H,1-3H3,(H,29,30)(H,31,32)/t22-,23-/m1/s1. The van der Waals surface area contributed by atoms with E-state index in [0.717, 1.165) is 11.1 Å². The molecule has 2 atom stereocenters. The van der Waals surface area contributed by atoms with Gasteiger partial charge in [-0.1, -0.05) is 41.5 Å². The molecule has 3 rings (SSSR count). The summed E-state index contributed by atoms with van der Waals surface area (Å²) in [6.07, 6.45) is -4.28.